The summed E-state index contributed by atoms with van der Waals surface area (Å²) in [4.78, 5) is 0. The maximum atomic E-state index is 4.93. The third-order valence-electron chi connectivity index (χ3n) is 14.7. The first-order valence-corrected chi connectivity index (χ1v) is 48.4. The molecule has 0 unspecified atom stereocenters. The maximum Gasteiger partial charge on any atom is 0.0920 e. The van der Waals surface area contributed by atoms with Gasteiger partial charge in [0.1, 0.15) is 0 Å². The number of hydrogen-bond acceptors (Lipinski definition) is 0. The van der Waals surface area contributed by atoms with Gasteiger partial charge in [0.15, 0.2) is 0 Å². The largest absolute Gasteiger partial charge is 0.184 e. The summed E-state index contributed by atoms with van der Waals surface area (Å²) in [6.45, 7) is 48.2. The molecular formula is C66H85Cl2Si5Zr-3. The van der Waals surface area contributed by atoms with Crippen LogP contribution in [0.25, 0.3) is 54.9 Å². The van der Waals surface area contributed by atoms with E-state index in [4.69, 9.17) is 17.0 Å². The zero-order chi connectivity index (χ0) is 54.8. The molecule has 390 valence electrons. The van der Waals surface area contributed by atoms with Crippen molar-refractivity contribution in [2.75, 3.05) is 0 Å². The van der Waals surface area contributed by atoms with E-state index < -0.39 is 53.1 Å². The number of benzene rings is 6. The molecule has 0 aromatic heterocycles. The van der Waals surface area contributed by atoms with Crippen LogP contribution in [0.1, 0.15) is 101 Å². The average Bonchev–Trinajstić information content (AvgIpc) is 4.06. The molecule has 0 atom stereocenters. The van der Waals surface area contributed by atoms with Crippen molar-refractivity contribution < 1.29 is 20.8 Å². The molecule has 0 amide bonds. The summed E-state index contributed by atoms with van der Waals surface area (Å²) in [7, 11) is 5.02. The van der Waals surface area contributed by atoms with Crippen LogP contribution in [0.15, 0.2) is 127 Å². The van der Waals surface area contributed by atoms with Crippen LogP contribution in [-0.2, 0) is 20.8 Å². The van der Waals surface area contributed by atoms with E-state index in [9.17, 15) is 0 Å². The second-order valence-corrected chi connectivity index (χ2v) is 51.4. The molecule has 1 heterocycles. The minimum atomic E-state index is -1.41. The Hall–Kier alpha value is -2.91. The molecule has 8 aromatic carbocycles. The van der Waals surface area contributed by atoms with Gasteiger partial charge in [-0.3, -0.25) is 0 Å². The standard InChI is InChI=1S/2C27H39Si2.C12H7Si.2ClH.Zr/c2*1-18(2)21-13-20-11-12-25(19(3)4)27(26(20)16-21)22-14-23(28(5,6)7)17-24(15-22)29(8,9)10;1-3-7-11-9(5-1)10-6-2-4-8-12(10)13-11;;;/h2*11-19H,1-10H3;1-7H;2*1H;/q3*-1;;;+2/p-2. The fourth-order valence-electron chi connectivity index (χ4n) is 9.92. The SMILES string of the molecule is CC(C)c1cc2c(-c3cc([Si](C)(C)C)cc([Si](C)(C)C)c3)c(C(C)C)ccc2[cH-]1.CC(C)c1cc2c(-c3cc([Si](C)(C)C)cc([Si](C)(C)C)c3)c(C(C)C)ccc2[cH-]1.[Cl][Zr][Cl].[c-]1cccc2c1[Si]c1ccccc1-2. The summed E-state index contributed by atoms with van der Waals surface area (Å²) in [6, 6.07) is 52.5. The van der Waals surface area contributed by atoms with Crippen LogP contribution in [0, 0.1) is 6.07 Å². The summed E-state index contributed by atoms with van der Waals surface area (Å²) in [5.41, 5.74) is 14.5. The minimum absolute atomic E-state index is 0.512. The first-order valence-electron chi connectivity index (χ1n) is 27.1. The van der Waals surface area contributed by atoms with Crippen LogP contribution in [0.3, 0.4) is 0 Å². The van der Waals surface area contributed by atoms with Crippen molar-refractivity contribution in [3.63, 3.8) is 0 Å². The van der Waals surface area contributed by atoms with Gasteiger partial charge in [0.25, 0.3) is 0 Å². The quantitative estimate of drug-likeness (QED) is 0.0946. The zero-order valence-corrected chi connectivity index (χ0v) is 57.7. The monoisotopic (exact) mass is 1180 g/mol. The predicted octanol–water partition coefficient (Wildman–Crippen LogP) is 17.6. The molecule has 2 radical (unpaired) electrons. The van der Waals surface area contributed by atoms with E-state index >= 15 is 0 Å². The number of rotatable bonds is 10. The second kappa shape index (κ2) is 24.4. The van der Waals surface area contributed by atoms with Crippen molar-refractivity contribution in [3.8, 4) is 33.4 Å². The van der Waals surface area contributed by atoms with Gasteiger partial charge in [0, 0.05) is 0 Å². The molecule has 9 rings (SSSR count). The fraction of sp³-hybridized carbons (Fsp3) is 0.364. The van der Waals surface area contributed by atoms with Crippen LogP contribution in [0.5, 0.6) is 0 Å². The van der Waals surface area contributed by atoms with E-state index in [0.29, 0.717) is 23.7 Å². The Balaban J connectivity index is 0.000000186. The van der Waals surface area contributed by atoms with E-state index in [0.717, 1.165) is 9.52 Å². The molecule has 8 aromatic rings. The van der Waals surface area contributed by atoms with Gasteiger partial charge in [-0.25, -0.2) is 0 Å². The third-order valence-corrected chi connectivity index (χ3v) is 24.2. The Morgan fingerprint density at radius 3 is 1.16 bits per heavy atom. The number of hydrogen-bond donors (Lipinski definition) is 0. The van der Waals surface area contributed by atoms with E-state index in [1.165, 1.54) is 87.6 Å². The summed E-state index contributed by atoms with van der Waals surface area (Å²) < 4.78 is 0. The molecule has 0 N–H and O–H groups in total. The first kappa shape index (κ1) is 60.3. The van der Waals surface area contributed by atoms with E-state index in [-0.39, 0.29) is 0 Å². The summed E-state index contributed by atoms with van der Waals surface area (Å²) >= 11 is -0.826. The van der Waals surface area contributed by atoms with Crippen molar-refractivity contribution >= 4 is 112 Å². The fourth-order valence-corrected chi connectivity index (χ4v) is 16.2. The van der Waals surface area contributed by atoms with Gasteiger partial charge in [-0.2, -0.15) is 41.6 Å². The van der Waals surface area contributed by atoms with Crippen LogP contribution in [-0.4, -0.2) is 41.8 Å². The molecule has 0 nitrogen and oxygen atoms in total. The van der Waals surface area contributed by atoms with E-state index in [1.54, 1.807) is 20.7 Å². The molecule has 0 fully saturated rings. The molecule has 74 heavy (non-hydrogen) atoms. The average molecular weight is 1180 g/mol. The van der Waals surface area contributed by atoms with Gasteiger partial charge in [-0.05, 0) is 34.8 Å². The predicted molar refractivity (Wildman–Crippen MR) is 346 cm³/mol. The summed E-state index contributed by atoms with van der Waals surface area (Å²) in [5.74, 6) is 2.14. The number of halogens is 2. The third kappa shape index (κ3) is 14.4. The van der Waals surface area contributed by atoms with Crippen molar-refractivity contribution in [3.05, 3.63) is 156 Å². The Morgan fingerprint density at radius 2 is 0.811 bits per heavy atom. The molecule has 0 saturated carbocycles. The van der Waals surface area contributed by atoms with Gasteiger partial charge >= 0.3 is 37.9 Å². The normalized spacial score (nSPS) is 12.6. The van der Waals surface area contributed by atoms with Crippen LogP contribution in [0.4, 0.5) is 0 Å². The molecule has 0 bridgehead atoms. The van der Waals surface area contributed by atoms with Crippen molar-refractivity contribution in [2.45, 2.75) is 158 Å². The summed E-state index contributed by atoms with van der Waals surface area (Å²) in [6.07, 6.45) is 0. The van der Waals surface area contributed by atoms with Crippen molar-refractivity contribution in [1.82, 2.24) is 0 Å². The Bertz CT molecular complexity index is 2920. The van der Waals surface area contributed by atoms with Gasteiger partial charge in [0.2, 0.25) is 0 Å². The molecule has 1 aliphatic rings. The van der Waals surface area contributed by atoms with E-state index in [1.807, 2.05) is 6.07 Å². The van der Waals surface area contributed by atoms with Gasteiger partial charge in [-0.1, -0.05) is 248 Å². The van der Waals surface area contributed by atoms with Crippen molar-refractivity contribution in [1.29, 1.82) is 0 Å². The van der Waals surface area contributed by atoms with Gasteiger partial charge in [0.05, 0.1) is 41.8 Å². The zero-order valence-electron chi connectivity index (χ0n) is 48.7. The molecule has 0 aliphatic carbocycles. The van der Waals surface area contributed by atoms with Gasteiger partial charge < -0.3 is 0 Å². The topological polar surface area (TPSA) is 0 Å². The van der Waals surface area contributed by atoms with Crippen LogP contribution in [0.2, 0.25) is 78.6 Å². The van der Waals surface area contributed by atoms with Gasteiger partial charge in [-0.15, -0.1) is 74.6 Å². The molecule has 8 heteroatoms. The van der Waals surface area contributed by atoms with E-state index in [2.05, 4.69) is 261 Å². The van der Waals surface area contributed by atoms with Crippen molar-refractivity contribution in [2.24, 2.45) is 0 Å². The molecule has 0 saturated heterocycles. The Labute approximate surface area is 474 Å². The molecular weight excluding hydrogens is 1100 g/mol. The first-order chi connectivity index (χ1) is 34.4. The minimum Gasteiger partial charge on any atom is -0.184 e. The molecule has 0 spiro atoms. The Morgan fingerprint density at radius 1 is 0.446 bits per heavy atom. The smallest absolute Gasteiger partial charge is 0.0920 e. The Kier molecular flexibility index (Phi) is 19.9. The van der Waals surface area contributed by atoms with Crippen LogP contribution >= 0.6 is 17.0 Å². The molecule has 1 aliphatic heterocycles. The maximum absolute atomic E-state index is 4.93. The second-order valence-electron chi connectivity index (χ2n) is 26.1. The van der Waals surface area contributed by atoms with Crippen LogP contribution < -0.4 is 31.1 Å². The number of fused-ring (bicyclic) bond motifs is 5. The summed E-state index contributed by atoms with van der Waals surface area (Å²) in [5, 5.41) is 14.9.